The molecule has 0 aromatic carbocycles. The molecule has 0 aliphatic heterocycles. The molecule has 0 spiro atoms. The van der Waals surface area contributed by atoms with Gasteiger partial charge in [0, 0.05) is 12.1 Å². The molecule has 2 aromatic heterocycles. The maximum absolute atomic E-state index is 5.84. The molecule has 0 radical (unpaired) electrons. The van der Waals surface area contributed by atoms with Gasteiger partial charge in [-0.25, -0.2) is 4.98 Å². The number of aromatic nitrogens is 1. The number of pyridine rings is 1. The minimum atomic E-state index is 0.642. The highest BCUT2D eigenvalue weighted by Gasteiger charge is 2.36. The maximum Gasteiger partial charge on any atom is 0.129 e. The Morgan fingerprint density at radius 3 is 3.00 bits per heavy atom. The first kappa shape index (κ1) is 11.8. The molecular formula is C14H15BrN2O. The lowest BCUT2D eigenvalue weighted by atomic mass is 10.3. The second-order valence-electron chi connectivity index (χ2n) is 4.82. The molecule has 2 atom stereocenters. The van der Waals surface area contributed by atoms with E-state index in [-0.39, 0.29) is 0 Å². The van der Waals surface area contributed by atoms with Gasteiger partial charge >= 0.3 is 0 Å². The number of rotatable bonds is 4. The van der Waals surface area contributed by atoms with Crippen LogP contribution in [0, 0.1) is 5.92 Å². The van der Waals surface area contributed by atoms with Crippen molar-refractivity contribution in [3.63, 3.8) is 0 Å². The lowest BCUT2D eigenvalue weighted by Crippen LogP contribution is -1.99. The minimum absolute atomic E-state index is 0.642. The largest absolute Gasteiger partial charge is 0.464 e. The van der Waals surface area contributed by atoms with E-state index in [1.54, 1.807) is 6.20 Å². The van der Waals surface area contributed by atoms with Gasteiger partial charge in [-0.3, -0.25) is 0 Å². The molecule has 3 rings (SSSR count). The van der Waals surface area contributed by atoms with Gasteiger partial charge in [0.1, 0.15) is 16.1 Å². The summed E-state index contributed by atoms with van der Waals surface area (Å²) < 4.78 is 6.67. The van der Waals surface area contributed by atoms with Gasteiger partial charge < -0.3 is 9.73 Å². The molecule has 1 aliphatic carbocycles. The molecule has 1 aliphatic rings. The fourth-order valence-corrected chi connectivity index (χ4v) is 2.50. The third-order valence-corrected chi connectivity index (χ3v) is 4.00. The van der Waals surface area contributed by atoms with E-state index in [9.17, 15) is 0 Å². The minimum Gasteiger partial charge on any atom is -0.464 e. The van der Waals surface area contributed by atoms with Gasteiger partial charge in [-0.05, 0) is 52.5 Å². The predicted molar refractivity (Wildman–Crippen MR) is 74.5 cm³/mol. The first-order chi connectivity index (χ1) is 8.74. The molecule has 94 valence electrons. The molecule has 18 heavy (non-hydrogen) atoms. The van der Waals surface area contributed by atoms with Gasteiger partial charge in [0.2, 0.25) is 0 Å². The highest BCUT2D eigenvalue weighted by molar-refractivity contribution is 9.10. The van der Waals surface area contributed by atoms with Crippen LogP contribution in [0.1, 0.15) is 30.8 Å². The standard InChI is InChI=1S/C14H15BrN2O/c1-9-7-11(9)13-5-4-10(18-13)8-17-12-3-2-6-16-14(12)15/h2-6,9,11,17H,7-8H2,1H3. The molecule has 3 nitrogen and oxygen atoms in total. The van der Waals surface area contributed by atoms with Crippen LogP contribution in [0.5, 0.6) is 0 Å². The van der Waals surface area contributed by atoms with Gasteiger partial charge in [0.05, 0.1) is 12.2 Å². The van der Waals surface area contributed by atoms with E-state index < -0.39 is 0 Å². The van der Waals surface area contributed by atoms with Crippen molar-refractivity contribution in [1.82, 2.24) is 4.98 Å². The molecule has 0 bridgehead atoms. The van der Waals surface area contributed by atoms with E-state index in [4.69, 9.17) is 4.42 Å². The van der Waals surface area contributed by atoms with E-state index in [1.807, 2.05) is 12.1 Å². The van der Waals surface area contributed by atoms with E-state index in [0.717, 1.165) is 27.7 Å². The van der Waals surface area contributed by atoms with Crippen LogP contribution in [0.4, 0.5) is 5.69 Å². The summed E-state index contributed by atoms with van der Waals surface area (Å²) in [7, 11) is 0. The summed E-state index contributed by atoms with van der Waals surface area (Å²) in [5, 5.41) is 3.31. The topological polar surface area (TPSA) is 38.1 Å². The molecule has 4 heteroatoms. The highest BCUT2D eigenvalue weighted by Crippen LogP contribution is 2.47. The lowest BCUT2D eigenvalue weighted by molar-refractivity contribution is 0.468. The first-order valence-corrected chi connectivity index (χ1v) is 6.96. The smallest absolute Gasteiger partial charge is 0.129 e. The van der Waals surface area contributed by atoms with Crippen LogP contribution < -0.4 is 5.32 Å². The number of nitrogens with zero attached hydrogens (tertiary/aromatic N) is 1. The Morgan fingerprint density at radius 1 is 1.44 bits per heavy atom. The van der Waals surface area contributed by atoms with E-state index in [2.05, 4.69) is 45.3 Å². The summed E-state index contributed by atoms with van der Waals surface area (Å²) in [4.78, 5) is 4.17. The van der Waals surface area contributed by atoms with Crippen molar-refractivity contribution >= 4 is 21.6 Å². The number of anilines is 1. The van der Waals surface area contributed by atoms with Crippen molar-refractivity contribution < 1.29 is 4.42 Å². The summed E-state index contributed by atoms with van der Waals surface area (Å²) in [6.45, 7) is 2.95. The SMILES string of the molecule is CC1CC1c1ccc(CNc2cccnc2Br)o1. The van der Waals surface area contributed by atoms with Crippen LogP contribution in [-0.2, 0) is 6.54 Å². The van der Waals surface area contributed by atoms with Gasteiger partial charge in [-0.15, -0.1) is 0 Å². The maximum atomic E-state index is 5.84. The zero-order valence-electron chi connectivity index (χ0n) is 10.2. The third kappa shape index (κ3) is 2.43. The fraction of sp³-hybridized carbons (Fsp3) is 0.357. The molecule has 1 fully saturated rings. The van der Waals surface area contributed by atoms with Crippen molar-refractivity contribution in [2.24, 2.45) is 5.92 Å². The Morgan fingerprint density at radius 2 is 2.28 bits per heavy atom. The van der Waals surface area contributed by atoms with E-state index in [1.165, 1.54) is 6.42 Å². The van der Waals surface area contributed by atoms with E-state index in [0.29, 0.717) is 12.5 Å². The van der Waals surface area contributed by atoms with E-state index >= 15 is 0 Å². The zero-order valence-corrected chi connectivity index (χ0v) is 11.8. The quantitative estimate of drug-likeness (QED) is 0.861. The van der Waals surface area contributed by atoms with Crippen molar-refractivity contribution in [2.75, 3.05) is 5.32 Å². The first-order valence-electron chi connectivity index (χ1n) is 6.17. The Balaban J connectivity index is 1.63. The lowest BCUT2D eigenvalue weighted by Gasteiger charge is -2.05. The molecule has 1 saturated carbocycles. The Bertz CT molecular complexity index is 552. The van der Waals surface area contributed by atoms with Crippen LogP contribution in [0.25, 0.3) is 0 Å². The van der Waals surface area contributed by atoms with Crippen LogP contribution in [0.15, 0.2) is 39.5 Å². The van der Waals surface area contributed by atoms with Crippen molar-refractivity contribution in [3.8, 4) is 0 Å². The Kier molecular flexibility index (Phi) is 3.12. The molecule has 2 unspecified atom stereocenters. The summed E-state index contributed by atoms with van der Waals surface area (Å²) in [5.41, 5.74) is 0.982. The second-order valence-corrected chi connectivity index (χ2v) is 5.57. The van der Waals surface area contributed by atoms with Crippen LogP contribution >= 0.6 is 15.9 Å². The Labute approximate surface area is 115 Å². The Hall–Kier alpha value is -1.29. The van der Waals surface area contributed by atoms with Crippen LogP contribution in [0.3, 0.4) is 0 Å². The fourth-order valence-electron chi connectivity index (χ4n) is 2.11. The number of hydrogen-bond acceptors (Lipinski definition) is 3. The number of nitrogens with one attached hydrogen (secondary N) is 1. The highest BCUT2D eigenvalue weighted by atomic mass is 79.9. The van der Waals surface area contributed by atoms with Gasteiger partial charge in [0.25, 0.3) is 0 Å². The monoisotopic (exact) mass is 306 g/mol. The molecule has 0 amide bonds. The number of hydrogen-bond donors (Lipinski definition) is 1. The number of halogens is 1. The molecule has 2 aromatic rings. The van der Waals surface area contributed by atoms with Crippen LogP contribution in [-0.4, -0.2) is 4.98 Å². The van der Waals surface area contributed by atoms with Crippen molar-refractivity contribution in [2.45, 2.75) is 25.8 Å². The molecular weight excluding hydrogens is 292 g/mol. The molecule has 1 N–H and O–H groups in total. The normalized spacial score (nSPS) is 21.9. The van der Waals surface area contributed by atoms with Crippen molar-refractivity contribution in [3.05, 3.63) is 46.6 Å². The van der Waals surface area contributed by atoms with Crippen molar-refractivity contribution in [1.29, 1.82) is 0 Å². The number of furan rings is 1. The second kappa shape index (κ2) is 4.76. The summed E-state index contributed by atoms with van der Waals surface area (Å²) >= 11 is 3.41. The van der Waals surface area contributed by atoms with Gasteiger partial charge in [-0.1, -0.05) is 6.92 Å². The average Bonchev–Trinajstić information content (AvgIpc) is 2.91. The van der Waals surface area contributed by atoms with Gasteiger partial charge in [-0.2, -0.15) is 0 Å². The predicted octanol–water partition coefficient (Wildman–Crippen LogP) is 4.17. The summed E-state index contributed by atoms with van der Waals surface area (Å²) in [6.07, 6.45) is 3.02. The third-order valence-electron chi connectivity index (χ3n) is 3.37. The van der Waals surface area contributed by atoms with Crippen LogP contribution in [0.2, 0.25) is 0 Å². The molecule has 2 heterocycles. The average molecular weight is 307 g/mol. The summed E-state index contributed by atoms with van der Waals surface area (Å²) in [5.74, 6) is 3.53. The zero-order chi connectivity index (χ0) is 12.5. The van der Waals surface area contributed by atoms with Gasteiger partial charge in [0.15, 0.2) is 0 Å². The summed E-state index contributed by atoms with van der Waals surface area (Å²) in [6, 6.07) is 8.05. The molecule has 0 saturated heterocycles.